The third-order valence-electron chi connectivity index (χ3n) is 5.46. The van der Waals surface area contributed by atoms with E-state index in [-0.39, 0.29) is 23.9 Å². The monoisotopic (exact) mass is 429 g/mol. The highest BCUT2D eigenvalue weighted by Crippen LogP contribution is 2.22. The first-order chi connectivity index (χ1) is 14.6. The molecule has 0 bridgehead atoms. The van der Waals surface area contributed by atoms with Gasteiger partial charge >= 0.3 is 6.09 Å². The van der Waals surface area contributed by atoms with E-state index in [0.717, 1.165) is 12.8 Å². The standard InChI is InChI=1S/C24H35N3O4/c1-16(2)20(22-25-18(15-30-22)14-17-10-7-6-8-11-17)26-21(28)19-12-9-13-27(19)23(29)31-24(3,4)5/h6-8,10-11,16,18-20H,9,12-15H2,1-5H3,(H,26,28)/t18-,19-,20+/m1/s1. The third-order valence-corrected chi connectivity index (χ3v) is 5.46. The van der Waals surface area contributed by atoms with Gasteiger partial charge in [-0.25, -0.2) is 9.79 Å². The van der Waals surface area contributed by atoms with Crippen LogP contribution in [-0.4, -0.2) is 59.7 Å². The molecule has 1 N–H and O–H groups in total. The van der Waals surface area contributed by atoms with Crippen molar-refractivity contribution in [1.29, 1.82) is 0 Å². The largest absolute Gasteiger partial charge is 0.477 e. The highest BCUT2D eigenvalue weighted by molar-refractivity contribution is 5.92. The van der Waals surface area contributed by atoms with E-state index in [1.54, 1.807) is 0 Å². The molecule has 2 amide bonds. The molecule has 7 nitrogen and oxygen atoms in total. The Labute approximate surface area is 185 Å². The predicted molar refractivity (Wildman–Crippen MR) is 120 cm³/mol. The molecule has 1 aromatic rings. The molecule has 2 heterocycles. The van der Waals surface area contributed by atoms with Crippen LogP contribution >= 0.6 is 0 Å². The van der Waals surface area contributed by atoms with Crippen molar-refractivity contribution in [3.8, 4) is 0 Å². The molecule has 1 aromatic carbocycles. The van der Waals surface area contributed by atoms with E-state index in [1.165, 1.54) is 10.5 Å². The van der Waals surface area contributed by atoms with Crippen LogP contribution in [0.25, 0.3) is 0 Å². The Hall–Kier alpha value is -2.57. The molecular weight excluding hydrogens is 394 g/mol. The molecule has 1 fully saturated rings. The molecule has 170 valence electrons. The van der Waals surface area contributed by atoms with Gasteiger partial charge in [-0.3, -0.25) is 9.69 Å². The average molecular weight is 430 g/mol. The van der Waals surface area contributed by atoms with Gasteiger partial charge in [0.25, 0.3) is 0 Å². The van der Waals surface area contributed by atoms with Crippen molar-refractivity contribution in [3.63, 3.8) is 0 Å². The van der Waals surface area contributed by atoms with Crippen LogP contribution in [-0.2, 0) is 20.7 Å². The Bertz CT molecular complexity index is 801. The number of aliphatic imine (C=N–C) groups is 1. The van der Waals surface area contributed by atoms with Crippen molar-refractivity contribution in [3.05, 3.63) is 35.9 Å². The molecule has 0 unspecified atom stereocenters. The normalized spacial score (nSPS) is 22.1. The van der Waals surface area contributed by atoms with Crippen LogP contribution in [0, 0.1) is 5.92 Å². The Morgan fingerprint density at radius 1 is 1.26 bits per heavy atom. The first-order valence-electron chi connectivity index (χ1n) is 11.2. The van der Waals surface area contributed by atoms with Crippen molar-refractivity contribution in [2.24, 2.45) is 10.9 Å². The number of ether oxygens (including phenoxy) is 2. The summed E-state index contributed by atoms with van der Waals surface area (Å²) in [7, 11) is 0. The Morgan fingerprint density at radius 3 is 2.61 bits per heavy atom. The first kappa shape index (κ1) is 23.1. The van der Waals surface area contributed by atoms with Gasteiger partial charge in [0.15, 0.2) is 0 Å². The minimum atomic E-state index is -0.596. The minimum absolute atomic E-state index is 0.0419. The number of hydrogen-bond donors (Lipinski definition) is 1. The van der Waals surface area contributed by atoms with Crippen LogP contribution in [0.2, 0.25) is 0 Å². The number of nitrogens with one attached hydrogen (secondary N) is 1. The minimum Gasteiger partial charge on any atom is -0.477 e. The topological polar surface area (TPSA) is 80.2 Å². The molecule has 31 heavy (non-hydrogen) atoms. The summed E-state index contributed by atoms with van der Waals surface area (Å²) in [5.74, 6) is 0.500. The van der Waals surface area contributed by atoms with Gasteiger partial charge in [0.1, 0.15) is 24.3 Å². The Balaban J connectivity index is 1.65. The Kier molecular flexibility index (Phi) is 7.23. The number of amides is 2. The second-order valence-corrected chi connectivity index (χ2v) is 9.68. The quantitative estimate of drug-likeness (QED) is 0.750. The molecule has 0 aliphatic carbocycles. The second kappa shape index (κ2) is 9.71. The third kappa shape index (κ3) is 6.21. The van der Waals surface area contributed by atoms with Gasteiger partial charge in [-0.05, 0) is 51.5 Å². The highest BCUT2D eigenvalue weighted by atomic mass is 16.6. The van der Waals surface area contributed by atoms with Crippen molar-refractivity contribution in [2.75, 3.05) is 13.2 Å². The van der Waals surface area contributed by atoms with Gasteiger partial charge in [0.05, 0.1) is 6.04 Å². The maximum absolute atomic E-state index is 13.1. The van der Waals surface area contributed by atoms with Crippen LogP contribution in [0.3, 0.4) is 0 Å². The lowest BCUT2D eigenvalue weighted by Gasteiger charge is -2.29. The lowest BCUT2D eigenvalue weighted by Crippen LogP contribution is -2.53. The number of rotatable bonds is 6. The van der Waals surface area contributed by atoms with Gasteiger partial charge in [-0.2, -0.15) is 0 Å². The van der Waals surface area contributed by atoms with Crippen LogP contribution < -0.4 is 5.32 Å². The molecule has 3 atom stereocenters. The van der Waals surface area contributed by atoms with E-state index < -0.39 is 17.7 Å². The lowest BCUT2D eigenvalue weighted by molar-refractivity contribution is -0.126. The molecular formula is C24H35N3O4. The van der Waals surface area contributed by atoms with Gasteiger partial charge in [-0.15, -0.1) is 0 Å². The zero-order valence-electron chi connectivity index (χ0n) is 19.3. The van der Waals surface area contributed by atoms with Crippen LogP contribution in [0.5, 0.6) is 0 Å². The number of hydrogen-bond acceptors (Lipinski definition) is 5. The molecule has 2 aliphatic heterocycles. The number of carbonyl (C=O) groups excluding carboxylic acids is 2. The smallest absolute Gasteiger partial charge is 0.410 e. The van der Waals surface area contributed by atoms with Crippen LogP contribution in [0.4, 0.5) is 4.79 Å². The number of benzene rings is 1. The van der Waals surface area contributed by atoms with Gasteiger partial charge in [-0.1, -0.05) is 44.2 Å². The molecule has 7 heteroatoms. The van der Waals surface area contributed by atoms with E-state index in [0.29, 0.717) is 25.5 Å². The van der Waals surface area contributed by atoms with Crippen molar-refractivity contribution >= 4 is 17.9 Å². The summed E-state index contributed by atoms with van der Waals surface area (Å²) in [6.45, 7) is 10.6. The average Bonchev–Trinajstić information content (AvgIpc) is 3.35. The summed E-state index contributed by atoms with van der Waals surface area (Å²) in [4.78, 5) is 31.9. The van der Waals surface area contributed by atoms with E-state index >= 15 is 0 Å². The summed E-state index contributed by atoms with van der Waals surface area (Å²) < 4.78 is 11.4. The SMILES string of the molecule is CC(C)[C@H](NC(=O)[C@H]1CCCN1C(=O)OC(C)(C)C)C1=N[C@H](Cc2ccccc2)CO1. The summed E-state index contributed by atoms with van der Waals surface area (Å²) in [6.07, 6.45) is 1.77. The summed E-state index contributed by atoms with van der Waals surface area (Å²) in [5.41, 5.74) is 0.617. The van der Waals surface area contributed by atoms with Crippen molar-refractivity contribution in [1.82, 2.24) is 10.2 Å². The van der Waals surface area contributed by atoms with Crippen LogP contribution in [0.1, 0.15) is 53.0 Å². The highest BCUT2D eigenvalue weighted by Gasteiger charge is 2.39. The predicted octanol–water partition coefficient (Wildman–Crippen LogP) is 3.57. The number of nitrogens with zero attached hydrogens (tertiary/aromatic N) is 2. The van der Waals surface area contributed by atoms with E-state index in [9.17, 15) is 9.59 Å². The summed E-state index contributed by atoms with van der Waals surface area (Å²) in [5, 5.41) is 3.09. The fourth-order valence-corrected chi connectivity index (χ4v) is 3.94. The molecule has 0 spiro atoms. The molecule has 2 aliphatic rings. The van der Waals surface area contributed by atoms with Crippen LogP contribution in [0.15, 0.2) is 35.3 Å². The van der Waals surface area contributed by atoms with E-state index in [4.69, 9.17) is 14.5 Å². The number of likely N-dealkylation sites (tertiary alicyclic amines) is 1. The fraction of sp³-hybridized carbons (Fsp3) is 0.625. The molecule has 0 aromatic heterocycles. The summed E-state index contributed by atoms with van der Waals surface area (Å²) >= 11 is 0. The van der Waals surface area contributed by atoms with E-state index in [2.05, 4.69) is 17.4 Å². The van der Waals surface area contributed by atoms with E-state index in [1.807, 2.05) is 52.8 Å². The second-order valence-electron chi connectivity index (χ2n) is 9.68. The lowest BCUT2D eigenvalue weighted by atomic mass is 10.0. The number of carbonyl (C=O) groups is 2. The summed E-state index contributed by atoms with van der Waals surface area (Å²) in [6, 6.07) is 9.39. The molecule has 0 radical (unpaired) electrons. The molecule has 1 saturated heterocycles. The fourth-order valence-electron chi connectivity index (χ4n) is 3.94. The van der Waals surface area contributed by atoms with Gasteiger partial charge in [0, 0.05) is 6.54 Å². The molecule has 0 saturated carbocycles. The van der Waals surface area contributed by atoms with Crippen molar-refractivity contribution < 1.29 is 19.1 Å². The van der Waals surface area contributed by atoms with Crippen molar-refractivity contribution in [2.45, 2.75) is 77.6 Å². The zero-order chi connectivity index (χ0) is 22.6. The van der Waals surface area contributed by atoms with Gasteiger partial charge < -0.3 is 14.8 Å². The Morgan fingerprint density at radius 2 is 1.97 bits per heavy atom. The molecule has 3 rings (SSSR count). The zero-order valence-corrected chi connectivity index (χ0v) is 19.3. The first-order valence-corrected chi connectivity index (χ1v) is 11.2. The maximum atomic E-state index is 13.1. The van der Waals surface area contributed by atoms with Gasteiger partial charge in [0.2, 0.25) is 11.8 Å². The maximum Gasteiger partial charge on any atom is 0.410 e.